The molecular weight excluding hydrogens is 241 g/mol. The van der Waals surface area contributed by atoms with Crippen molar-refractivity contribution in [2.24, 2.45) is 5.73 Å². The lowest BCUT2D eigenvalue weighted by Gasteiger charge is -2.08. The number of carbonyl (C=O) groups is 2. The first kappa shape index (κ1) is 11.8. The van der Waals surface area contributed by atoms with Crippen LogP contribution in [0.4, 0.5) is 0 Å². The van der Waals surface area contributed by atoms with Gasteiger partial charge < -0.3 is 10.5 Å². The van der Waals surface area contributed by atoms with Gasteiger partial charge in [-0.1, -0.05) is 23.2 Å². The number of nitrogens with two attached hydrogens (primary N) is 1. The molecule has 0 saturated carbocycles. The van der Waals surface area contributed by atoms with E-state index in [4.69, 9.17) is 33.7 Å². The quantitative estimate of drug-likeness (QED) is 0.824. The zero-order valence-corrected chi connectivity index (χ0v) is 9.01. The third-order valence-electron chi connectivity index (χ3n) is 1.52. The Bertz CT molecular complexity index is 383. The second-order valence-electron chi connectivity index (χ2n) is 2.69. The Morgan fingerprint density at radius 3 is 2.33 bits per heavy atom. The third-order valence-corrected chi connectivity index (χ3v) is 2.08. The van der Waals surface area contributed by atoms with Crippen LogP contribution in [0.15, 0.2) is 12.1 Å². The average Bonchev–Trinajstić information content (AvgIpc) is 2.15. The molecule has 0 radical (unpaired) electrons. The summed E-state index contributed by atoms with van der Waals surface area (Å²) in [5.41, 5.74) is 5.22. The molecule has 4 nitrogen and oxygen atoms in total. The molecule has 0 bridgehead atoms. The summed E-state index contributed by atoms with van der Waals surface area (Å²) in [5, 5.41) is 0.316. The van der Waals surface area contributed by atoms with E-state index in [9.17, 15) is 9.59 Å². The Labute approximate surface area is 95.9 Å². The molecule has 1 rings (SSSR count). The summed E-state index contributed by atoms with van der Waals surface area (Å²) in [7, 11) is 0. The van der Waals surface area contributed by atoms with Gasteiger partial charge in [0.2, 0.25) is 0 Å². The van der Waals surface area contributed by atoms with Crippen LogP contribution in [-0.2, 0) is 4.79 Å². The molecule has 15 heavy (non-hydrogen) atoms. The van der Waals surface area contributed by atoms with Crippen molar-refractivity contribution in [1.82, 2.24) is 0 Å². The summed E-state index contributed by atoms with van der Waals surface area (Å²) in [6.07, 6.45) is 0.607. The Morgan fingerprint density at radius 2 is 1.93 bits per heavy atom. The molecule has 0 aliphatic heterocycles. The van der Waals surface area contributed by atoms with Crippen LogP contribution in [0.3, 0.4) is 0 Å². The van der Waals surface area contributed by atoms with Crippen molar-refractivity contribution in [2.75, 3.05) is 6.61 Å². The van der Waals surface area contributed by atoms with Crippen LogP contribution in [0.1, 0.15) is 10.4 Å². The second kappa shape index (κ2) is 5.00. The summed E-state index contributed by atoms with van der Waals surface area (Å²) in [4.78, 5) is 20.9. The minimum Gasteiger partial charge on any atom is -0.481 e. The van der Waals surface area contributed by atoms with Crippen molar-refractivity contribution >= 4 is 35.4 Å². The number of benzene rings is 1. The summed E-state index contributed by atoms with van der Waals surface area (Å²) >= 11 is 11.6. The number of aldehydes is 1. The minimum absolute atomic E-state index is 0.141. The number of amides is 1. The number of primary amides is 1. The van der Waals surface area contributed by atoms with E-state index in [1.807, 2.05) is 0 Å². The van der Waals surface area contributed by atoms with E-state index in [0.717, 1.165) is 0 Å². The highest BCUT2D eigenvalue weighted by atomic mass is 35.5. The summed E-state index contributed by atoms with van der Waals surface area (Å²) < 4.78 is 4.97. The van der Waals surface area contributed by atoms with Crippen LogP contribution in [0, 0.1) is 0 Å². The van der Waals surface area contributed by atoms with Crippen LogP contribution in [-0.4, -0.2) is 18.8 Å². The van der Waals surface area contributed by atoms with Crippen LogP contribution < -0.4 is 10.5 Å². The van der Waals surface area contributed by atoms with Crippen LogP contribution in [0.5, 0.6) is 5.75 Å². The van der Waals surface area contributed by atoms with Gasteiger partial charge in [-0.3, -0.25) is 9.59 Å². The molecule has 0 fully saturated rings. The molecule has 0 unspecified atom stereocenters. The number of ether oxygens (including phenoxy) is 1. The predicted molar refractivity (Wildman–Crippen MR) is 56.5 cm³/mol. The van der Waals surface area contributed by atoms with Gasteiger partial charge in [-0.2, -0.15) is 0 Å². The first-order valence-corrected chi connectivity index (χ1v) is 4.65. The lowest BCUT2D eigenvalue weighted by Crippen LogP contribution is -2.20. The van der Waals surface area contributed by atoms with Gasteiger partial charge in [0.1, 0.15) is 6.29 Å². The van der Waals surface area contributed by atoms with E-state index in [0.29, 0.717) is 11.8 Å². The van der Waals surface area contributed by atoms with Crippen molar-refractivity contribution in [1.29, 1.82) is 0 Å². The van der Waals surface area contributed by atoms with Crippen molar-refractivity contribution in [3.05, 3.63) is 27.7 Å². The highest BCUT2D eigenvalue weighted by Gasteiger charge is 2.10. The van der Waals surface area contributed by atoms with Gasteiger partial charge in [-0.25, -0.2) is 0 Å². The maximum atomic E-state index is 10.5. The van der Waals surface area contributed by atoms with E-state index >= 15 is 0 Å². The zero-order chi connectivity index (χ0) is 11.4. The SMILES string of the molecule is NC(=O)COc1c(Cl)cc(C=O)cc1Cl. The van der Waals surface area contributed by atoms with E-state index in [1.54, 1.807) is 0 Å². The molecule has 80 valence electrons. The van der Waals surface area contributed by atoms with Gasteiger partial charge in [-0.05, 0) is 12.1 Å². The summed E-state index contributed by atoms with van der Waals surface area (Å²) in [6, 6.07) is 2.77. The third kappa shape index (κ3) is 3.11. The number of carbonyl (C=O) groups excluding carboxylic acids is 2. The molecule has 6 heteroatoms. The smallest absolute Gasteiger partial charge is 0.255 e. The lowest BCUT2D eigenvalue weighted by atomic mass is 10.2. The highest BCUT2D eigenvalue weighted by Crippen LogP contribution is 2.33. The highest BCUT2D eigenvalue weighted by molar-refractivity contribution is 6.37. The lowest BCUT2D eigenvalue weighted by molar-refractivity contribution is -0.119. The average molecular weight is 248 g/mol. The molecule has 0 saturated heterocycles. The molecule has 1 aromatic rings. The Hall–Kier alpha value is -1.26. The summed E-state index contributed by atoms with van der Waals surface area (Å²) in [5.74, 6) is -0.496. The molecule has 2 N–H and O–H groups in total. The molecule has 0 aliphatic rings. The fourth-order valence-corrected chi connectivity index (χ4v) is 1.54. The van der Waals surface area contributed by atoms with Gasteiger partial charge in [0.05, 0.1) is 10.0 Å². The van der Waals surface area contributed by atoms with E-state index in [2.05, 4.69) is 0 Å². The molecule has 0 heterocycles. The molecule has 1 aromatic carbocycles. The Kier molecular flexibility index (Phi) is 3.94. The first-order chi connectivity index (χ1) is 7.04. The van der Waals surface area contributed by atoms with E-state index in [-0.39, 0.29) is 22.4 Å². The number of hydrogen-bond acceptors (Lipinski definition) is 3. The fourth-order valence-electron chi connectivity index (χ4n) is 0.929. The molecule has 1 amide bonds. The van der Waals surface area contributed by atoms with Crippen LogP contribution >= 0.6 is 23.2 Å². The number of hydrogen-bond donors (Lipinski definition) is 1. The maximum Gasteiger partial charge on any atom is 0.255 e. The Morgan fingerprint density at radius 1 is 1.40 bits per heavy atom. The predicted octanol–water partition coefficient (Wildman–Crippen LogP) is 1.67. The van der Waals surface area contributed by atoms with Crippen molar-refractivity contribution in [2.45, 2.75) is 0 Å². The van der Waals surface area contributed by atoms with Crippen LogP contribution in [0.2, 0.25) is 10.0 Å². The van der Waals surface area contributed by atoms with E-state index < -0.39 is 5.91 Å². The monoisotopic (exact) mass is 247 g/mol. The topological polar surface area (TPSA) is 69.4 Å². The van der Waals surface area contributed by atoms with E-state index in [1.165, 1.54) is 12.1 Å². The maximum absolute atomic E-state index is 10.5. The van der Waals surface area contributed by atoms with Gasteiger partial charge in [-0.15, -0.1) is 0 Å². The molecule has 0 atom stereocenters. The van der Waals surface area contributed by atoms with Gasteiger partial charge in [0.15, 0.2) is 12.4 Å². The number of rotatable bonds is 4. The summed E-state index contributed by atoms with van der Waals surface area (Å²) in [6.45, 7) is -0.320. The van der Waals surface area contributed by atoms with Crippen LogP contribution in [0.25, 0.3) is 0 Å². The zero-order valence-electron chi connectivity index (χ0n) is 7.50. The molecular formula is C9H7Cl2NO3. The fraction of sp³-hybridized carbons (Fsp3) is 0.111. The minimum atomic E-state index is -0.637. The second-order valence-corrected chi connectivity index (χ2v) is 3.50. The molecule has 0 spiro atoms. The van der Waals surface area contributed by atoms with Crippen molar-refractivity contribution in [3.63, 3.8) is 0 Å². The van der Waals surface area contributed by atoms with Crippen molar-refractivity contribution in [3.8, 4) is 5.75 Å². The number of halogens is 2. The normalized spacial score (nSPS) is 9.73. The standard InChI is InChI=1S/C9H7Cl2NO3/c10-6-1-5(3-13)2-7(11)9(6)15-4-8(12)14/h1-3H,4H2,(H2,12,14). The first-order valence-electron chi connectivity index (χ1n) is 3.90. The largest absolute Gasteiger partial charge is 0.481 e. The Balaban J connectivity index is 2.97. The molecule has 0 aromatic heterocycles. The molecule has 0 aliphatic carbocycles. The van der Waals surface area contributed by atoms with Gasteiger partial charge >= 0.3 is 0 Å². The van der Waals surface area contributed by atoms with Crippen molar-refractivity contribution < 1.29 is 14.3 Å². The van der Waals surface area contributed by atoms with Gasteiger partial charge in [0, 0.05) is 5.56 Å². The van der Waals surface area contributed by atoms with Gasteiger partial charge in [0.25, 0.3) is 5.91 Å².